The van der Waals surface area contributed by atoms with Crippen molar-refractivity contribution in [3.05, 3.63) is 28.2 Å². The summed E-state index contributed by atoms with van der Waals surface area (Å²) in [5.41, 5.74) is 0. The molecule has 0 heterocycles. The predicted molar refractivity (Wildman–Crippen MR) is 71.9 cm³/mol. The molecule has 1 aromatic carbocycles. The molecule has 1 rings (SSSR count). The van der Waals surface area contributed by atoms with Crippen LogP contribution in [0.4, 0.5) is 0 Å². The van der Waals surface area contributed by atoms with Gasteiger partial charge in [-0.3, -0.25) is 4.79 Å². The van der Waals surface area contributed by atoms with E-state index in [0.29, 0.717) is 23.0 Å². The third-order valence-corrected chi connectivity index (χ3v) is 3.64. The molecular weight excluding hydrogens is 281 g/mol. The molecule has 2 N–H and O–H groups in total. The summed E-state index contributed by atoms with van der Waals surface area (Å²) >= 11 is 13.1. The lowest BCUT2D eigenvalue weighted by molar-refractivity contribution is -0.118. The summed E-state index contributed by atoms with van der Waals surface area (Å²) in [6.07, 6.45) is 0.564. The van der Waals surface area contributed by atoms with Crippen molar-refractivity contribution in [1.82, 2.24) is 5.32 Å². The largest absolute Gasteiger partial charge is 0.396 e. The predicted octanol–water partition coefficient (Wildman–Crippen LogP) is 2.58. The number of hydrogen-bond donors (Lipinski definition) is 2. The Bertz CT molecular complexity index is 388. The van der Waals surface area contributed by atoms with Crippen molar-refractivity contribution in [2.45, 2.75) is 11.3 Å². The molecule has 0 atom stereocenters. The van der Waals surface area contributed by atoms with Crippen LogP contribution >= 0.6 is 35.0 Å². The van der Waals surface area contributed by atoms with Gasteiger partial charge in [0, 0.05) is 23.1 Å². The van der Waals surface area contributed by atoms with Gasteiger partial charge in [0.15, 0.2) is 0 Å². The number of amides is 1. The maximum absolute atomic E-state index is 11.4. The molecule has 0 bridgehead atoms. The molecule has 0 spiro atoms. The molecule has 17 heavy (non-hydrogen) atoms. The van der Waals surface area contributed by atoms with Crippen molar-refractivity contribution >= 4 is 40.9 Å². The van der Waals surface area contributed by atoms with Gasteiger partial charge in [0.05, 0.1) is 10.8 Å². The number of hydrogen-bond acceptors (Lipinski definition) is 3. The Hall–Kier alpha value is -0.420. The lowest BCUT2D eigenvalue weighted by Gasteiger charge is -2.05. The van der Waals surface area contributed by atoms with Gasteiger partial charge in [-0.05, 0) is 24.6 Å². The van der Waals surface area contributed by atoms with E-state index in [4.69, 9.17) is 28.3 Å². The highest BCUT2D eigenvalue weighted by atomic mass is 35.5. The van der Waals surface area contributed by atoms with Gasteiger partial charge in [-0.25, -0.2) is 0 Å². The second-order valence-corrected chi connectivity index (χ2v) is 5.15. The lowest BCUT2D eigenvalue weighted by atomic mass is 10.4. The number of carbonyl (C=O) groups excluding carboxylic acids is 1. The van der Waals surface area contributed by atoms with Gasteiger partial charge in [-0.15, -0.1) is 11.8 Å². The normalized spacial score (nSPS) is 10.3. The molecule has 0 radical (unpaired) electrons. The first-order valence-electron chi connectivity index (χ1n) is 5.09. The highest BCUT2D eigenvalue weighted by molar-refractivity contribution is 8.00. The molecule has 0 aliphatic heterocycles. The zero-order valence-electron chi connectivity index (χ0n) is 9.08. The molecule has 0 saturated heterocycles. The third-order valence-electron chi connectivity index (χ3n) is 1.91. The summed E-state index contributed by atoms with van der Waals surface area (Å²) < 4.78 is 0. The second kappa shape index (κ2) is 7.82. The molecule has 0 fully saturated rings. The zero-order chi connectivity index (χ0) is 12.7. The van der Waals surface area contributed by atoms with Gasteiger partial charge in [0.25, 0.3) is 0 Å². The summed E-state index contributed by atoms with van der Waals surface area (Å²) in [5.74, 6) is 0.199. The zero-order valence-corrected chi connectivity index (χ0v) is 11.4. The van der Waals surface area contributed by atoms with E-state index in [2.05, 4.69) is 5.32 Å². The highest BCUT2D eigenvalue weighted by Crippen LogP contribution is 2.29. The van der Waals surface area contributed by atoms with E-state index in [1.165, 1.54) is 11.8 Å². The molecule has 0 aliphatic carbocycles. The Balaban J connectivity index is 2.39. The fourth-order valence-electron chi connectivity index (χ4n) is 1.09. The van der Waals surface area contributed by atoms with Crippen LogP contribution in [0, 0.1) is 0 Å². The van der Waals surface area contributed by atoms with E-state index >= 15 is 0 Å². The number of thioether (sulfide) groups is 1. The first-order valence-corrected chi connectivity index (χ1v) is 6.83. The van der Waals surface area contributed by atoms with Crippen LogP contribution in [0.25, 0.3) is 0 Å². The van der Waals surface area contributed by atoms with Gasteiger partial charge in [-0.1, -0.05) is 23.2 Å². The average Bonchev–Trinajstić information content (AvgIpc) is 2.31. The minimum absolute atomic E-state index is 0.0769. The number of benzene rings is 1. The molecule has 0 aliphatic rings. The van der Waals surface area contributed by atoms with E-state index in [1.807, 2.05) is 0 Å². The standard InChI is InChI=1S/C11H13Cl2NO2S/c12-8-2-3-9(13)10(6-8)17-7-11(16)14-4-1-5-15/h2-3,6,15H,1,4-5,7H2,(H,14,16). The number of halogens is 2. The molecule has 0 unspecified atom stereocenters. The van der Waals surface area contributed by atoms with E-state index in [-0.39, 0.29) is 18.3 Å². The molecule has 6 heteroatoms. The van der Waals surface area contributed by atoms with Crippen molar-refractivity contribution in [3.63, 3.8) is 0 Å². The van der Waals surface area contributed by atoms with Gasteiger partial charge in [-0.2, -0.15) is 0 Å². The van der Waals surface area contributed by atoms with Crippen molar-refractivity contribution in [2.24, 2.45) is 0 Å². The van der Waals surface area contributed by atoms with Crippen LogP contribution in [-0.4, -0.2) is 29.9 Å². The van der Waals surface area contributed by atoms with E-state index < -0.39 is 0 Å². The van der Waals surface area contributed by atoms with Gasteiger partial charge < -0.3 is 10.4 Å². The summed E-state index contributed by atoms with van der Waals surface area (Å²) in [5, 5.41) is 12.4. The Morgan fingerprint density at radius 1 is 1.41 bits per heavy atom. The van der Waals surface area contributed by atoms with Gasteiger partial charge in [0.1, 0.15) is 0 Å². The fourth-order valence-corrected chi connectivity index (χ4v) is 2.41. The fraction of sp³-hybridized carbons (Fsp3) is 0.364. The Morgan fingerprint density at radius 3 is 2.88 bits per heavy atom. The van der Waals surface area contributed by atoms with Crippen molar-refractivity contribution in [2.75, 3.05) is 18.9 Å². The van der Waals surface area contributed by atoms with Crippen molar-refractivity contribution in [3.8, 4) is 0 Å². The minimum Gasteiger partial charge on any atom is -0.396 e. The second-order valence-electron chi connectivity index (χ2n) is 3.29. The van der Waals surface area contributed by atoms with Crippen LogP contribution in [-0.2, 0) is 4.79 Å². The summed E-state index contributed by atoms with van der Waals surface area (Å²) in [6, 6.07) is 5.14. The molecular formula is C11H13Cl2NO2S. The van der Waals surface area contributed by atoms with E-state index in [1.54, 1.807) is 18.2 Å². The monoisotopic (exact) mass is 293 g/mol. The molecule has 94 valence electrons. The number of carbonyl (C=O) groups is 1. The number of rotatable bonds is 6. The number of nitrogens with one attached hydrogen (secondary N) is 1. The molecule has 0 saturated carbocycles. The van der Waals surface area contributed by atoms with Crippen LogP contribution < -0.4 is 5.32 Å². The smallest absolute Gasteiger partial charge is 0.230 e. The summed E-state index contributed by atoms with van der Waals surface area (Å²) in [7, 11) is 0. The Labute approximate surface area is 114 Å². The Kier molecular flexibility index (Phi) is 6.73. The van der Waals surface area contributed by atoms with Gasteiger partial charge in [0.2, 0.25) is 5.91 Å². The molecule has 1 amide bonds. The topological polar surface area (TPSA) is 49.3 Å². The van der Waals surface area contributed by atoms with Crippen LogP contribution in [0.1, 0.15) is 6.42 Å². The Morgan fingerprint density at radius 2 is 2.18 bits per heavy atom. The van der Waals surface area contributed by atoms with Crippen LogP contribution in [0.15, 0.2) is 23.1 Å². The maximum Gasteiger partial charge on any atom is 0.230 e. The van der Waals surface area contributed by atoms with Crippen LogP contribution in [0.3, 0.4) is 0 Å². The van der Waals surface area contributed by atoms with Crippen LogP contribution in [0.2, 0.25) is 10.0 Å². The maximum atomic E-state index is 11.4. The molecule has 0 aromatic heterocycles. The highest BCUT2D eigenvalue weighted by Gasteiger charge is 2.06. The van der Waals surface area contributed by atoms with Gasteiger partial charge >= 0.3 is 0 Å². The minimum atomic E-state index is -0.0838. The third kappa shape index (κ3) is 5.64. The first-order chi connectivity index (χ1) is 8.13. The lowest BCUT2D eigenvalue weighted by Crippen LogP contribution is -2.26. The van der Waals surface area contributed by atoms with E-state index in [0.717, 1.165) is 4.90 Å². The van der Waals surface area contributed by atoms with Crippen molar-refractivity contribution in [1.29, 1.82) is 0 Å². The van der Waals surface area contributed by atoms with Crippen molar-refractivity contribution < 1.29 is 9.90 Å². The quantitative estimate of drug-likeness (QED) is 0.626. The first kappa shape index (κ1) is 14.6. The molecule has 3 nitrogen and oxygen atoms in total. The number of aliphatic hydroxyl groups is 1. The average molecular weight is 294 g/mol. The number of aliphatic hydroxyl groups excluding tert-OH is 1. The molecule has 1 aromatic rings. The summed E-state index contributed by atoms with van der Waals surface area (Å²) in [6.45, 7) is 0.562. The van der Waals surface area contributed by atoms with Crippen LogP contribution in [0.5, 0.6) is 0 Å². The SMILES string of the molecule is O=C(CSc1cc(Cl)ccc1Cl)NCCCO. The summed E-state index contributed by atoms with van der Waals surface area (Å²) in [4.78, 5) is 12.2. The van der Waals surface area contributed by atoms with E-state index in [9.17, 15) is 4.79 Å².